The highest BCUT2D eigenvalue weighted by atomic mass is 16.3. The molecule has 2 aliphatic carbocycles. The van der Waals surface area contributed by atoms with Crippen molar-refractivity contribution in [3.63, 3.8) is 0 Å². The third-order valence-corrected chi connectivity index (χ3v) is 6.06. The molecule has 0 bridgehead atoms. The highest BCUT2D eigenvalue weighted by Gasteiger charge is 2.22. The van der Waals surface area contributed by atoms with Crippen molar-refractivity contribution in [2.45, 2.75) is 39.5 Å². The van der Waals surface area contributed by atoms with Crippen LogP contribution in [0.3, 0.4) is 0 Å². The molecule has 0 fully saturated rings. The number of hydrogen-bond acceptors (Lipinski definition) is 1. The fourth-order valence-corrected chi connectivity index (χ4v) is 4.81. The molecule has 0 heterocycles. The zero-order valence-corrected chi connectivity index (χ0v) is 16.0. The first-order valence-electron chi connectivity index (χ1n) is 9.87. The van der Waals surface area contributed by atoms with Crippen LogP contribution in [0, 0.1) is 13.8 Å². The number of fused-ring (bicyclic) bond motifs is 4. The summed E-state index contributed by atoms with van der Waals surface area (Å²) in [6, 6.07) is 15.1. The summed E-state index contributed by atoms with van der Waals surface area (Å²) in [5, 5.41) is 13.2. The standard InChI is InChI=1S/C26H24O/c1-16-7-10-22(25(27)15-16)24-14-17(2)13-19-9-11-21-20-6-4-3-5-18(20)8-12-23(21)26(19)24/h4,6-7,9-11,13-15,27H,3,5,8,12H2,1-2H3. The minimum atomic E-state index is 0.368. The summed E-state index contributed by atoms with van der Waals surface area (Å²) in [6.07, 6.45) is 9.23. The molecule has 0 spiro atoms. The lowest BCUT2D eigenvalue weighted by Crippen LogP contribution is -2.07. The number of phenolic OH excluding ortho intramolecular Hbond substituents is 1. The molecule has 0 saturated heterocycles. The molecular weight excluding hydrogens is 328 g/mol. The molecule has 2 aliphatic rings. The Hall–Kier alpha value is -2.80. The third kappa shape index (κ3) is 2.61. The second kappa shape index (κ2) is 6.13. The normalized spacial score (nSPS) is 15.8. The highest BCUT2D eigenvalue weighted by molar-refractivity contribution is 6.04. The number of benzene rings is 3. The summed E-state index contributed by atoms with van der Waals surface area (Å²) in [7, 11) is 0. The van der Waals surface area contributed by atoms with Crippen LogP contribution in [0.25, 0.3) is 27.5 Å². The van der Waals surface area contributed by atoms with Crippen LogP contribution in [0.2, 0.25) is 0 Å². The predicted octanol–water partition coefficient (Wildman–Crippen LogP) is 6.88. The summed E-state index contributed by atoms with van der Waals surface area (Å²) in [5.74, 6) is 0.368. The van der Waals surface area contributed by atoms with Gasteiger partial charge in [0.1, 0.15) is 5.75 Å². The van der Waals surface area contributed by atoms with E-state index in [1.807, 2.05) is 13.0 Å². The minimum absolute atomic E-state index is 0.368. The number of rotatable bonds is 1. The Morgan fingerprint density at radius 3 is 2.48 bits per heavy atom. The second-order valence-corrected chi connectivity index (χ2v) is 7.98. The number of aryl methyl sites for hydroxylation is 3. The van der Waals surface area contributed by atoms with Gasteiger partial charge in [0.15, 0.2) is 0 Å². The molecule has 3 aromatic rings. The fourth-order valence-electron chi connectivity index (χ4n) is 4.81. The van der Waals surface area contributed by atoms with E-state index >= 15 is 0 Å². The number of allylic oxidation sites excluding steroid dienone is 4. The van der Waals surface area contributed by atoms with Gasteiger partial charge in [0.25, 0.3) is 0 Å². The molecule has 0 atom stereocenters. The Bertz CT molecular complexity index is 1140. The molecule has 0 amide bonds. The average Bonchev–Trinajstić information content (AvgIpc) is 2.66. The Balaban J connectivity index is 1.84. The van der Waals surface area contributed by atoms with Crippen LogP contribution in [-0.4, -0.2) is 5.11 Å². The zero-order chi connectivity index (χ0) is 18.5. The molecule has 0 unspecified atom stereocenters. The van der Waals surface area contributed by atoms with E-state index < -0.39 is 0 Å². The molecule has 27 heavy (non-hydrogen) atoms. The topological polar surface area (TPSA) is 20.2 Å². The van der Waals surface area contributed by atoms with E-state index in [2.05, 4.69) is 55.5 Å². The van der Waals surface area contributed by atoms with Crippen LogP contribution in [-0.2, 0) is 6.42 Å². The van der Waals surface area contributed by atoms with Gasteiger partial charge in [-0.1, -0.05) is 54.1 Å². The lowest BCUT2D eigenvalue weighted by Gasteiger charge is -2.26. The smallest absolute Gasteiger partial charge is 0.123 e. The van der Waals surface area contributed by atoms with Crippen molar-refractivity contribution in [3.8, 4) is 16.9 Å². The van der Waals surface area contributed by atoms with Crippen LogP contribution < -0.4 is 0 Å². The molecule has 0 aliphatic heterocycles. The minimum Gasteiger partial charge on any atom is -0.507 e. The van der Waals surface area contributed by atoms with Crippen LogP contribution in [0.15, 0.2) is 60.2 Å². The van der Waals surface area contributed by atoms with Gasteiger partial charge in [-0.25, -0.2) is 0 Å². The number of phenols is 1. The summed E-state index contributed by atoms with van der Waals surface area (Å²) in [6.45, 7) is 4.15. The van der Waals surface area contributed by atoms with Crippen LogP contribution in [0.1, 0.15) is 41.5 Å². The van der Waals surface area contributed by atoms with Crippen molar-refractivity contribution >= 4 is 16.3 Å². The van der Waals surface area contributed by atoms with Gasteiger partial charge < -0.3 is 5.11 Å². The van der Waals surface area contributed by atoms with Crippen molar-refractivity contribution in [1.82, 2.24) is 0 Å². The molecule has 134 valence electrons. The first kappa shape index (κ1) is 16.4. The van der Waals surface area contributed by atoms with Crippen molar-refractivity contribution in [2.24, 2.45) is 0 Å². The van der Waals surface area contributed by atoms with Gasteiger partial charge >= 0.3 is 0 Å². The average molecular weight is 352 g/mol. The lowest BCUT2D eigenvalue weighted by molar-refractivity contribution is 0.477. The summed E-state index contributed by atoms with van der Waals surface area (Å²) in [4.78, 5) is 0. The summed E-state index contributed by atoms with van der Waals surface area (Å²) < 4.78 is 0. The number of hydrogen-bond donors (Lipinski definition) is 1. The maximum absolute atomic E-state index is 10.7. The number of aromatic hydroxyl groups is 1. The van der Waals surface area contributed by atoms with Gasteiger partial charge in [0, 0.05) is 5.56 Å². The van der Waals surface area contributed by atoms with Gasteiger partial charge in [-0.15, -0.1) is 0 Å². The molecule has 0 radical (unpaired) electrons. The molecule has 0 aromatic heterocycles. The summed E-state index contributed by atoms with van der Waals surface area (Å²) >= 11 is 0. The fraction of sp³-hybridized carbons (Fsp3) is 0.231. The van der Waals surface area contributed by atoms with Gasteiger partial charge in [-0.05, 0) is 89.8 Å². The Morgan fingerprint density at radius 2 is 1.63 bits per heavy atom. The predicted molar refractivity (Wildman–Crippen MR) is 114 cm³/mol. The first-order valence-corrected chi connectivity index (χ1v) is 9.87. The Kier molecular flexibility index (Phi) is 3.72. The molecule has 3 aromatic carbocycles. The highest BCUT2D eigenvalue weighted by Crippen LogP contribution is 2.44. The van der Waals surface area contributed by atoms with E-state index in [9.17, 15) is 5.11 Å². The monoisotopic (exact) mass is 352 g/mol. The van der Waals surface area contributed by atoms with Crippen LogP contribution in [0.5, 0.6) is 5.75 Å². The van der Waals surface area contributed by atoms with Crippen molar-refractivity contribution in [3.05, 3.63) is 82.4 Å². The van der Waals surface area contributed by atoms with E-state index in [0.29, 0.717) is 5.75 Å². The van der Waals surface area contributed by atoms with E-state index in [4.69, 9.17) is 0 Å². The molecular formula is C26H24O. The third-order valence-electron chi connectivity index (χ3n) is 6.06. The maximum Gasteiger partial charge on any atom is 0.123 e. The quantitative estimate of drug-likeness (QED) is 0.506. The first-order chi connectivity index (χ1) is 13.1. The zero-order valence-electron chi connectivity index (χ0n) is 16.0. The molecule has 1 nitrogen and oxygen atoms in total. The maximum atomic E-state index is 10.7. The van der Waals surface area contributed by atoms with Crippen molar-refractivity contribution < 1.29 is 5.11 Å². The van der Waals surface area contributed by atoms with Gasteiger partial charge in [0.2, 0.25) is 0 Å². The van der Waals surface area contributed by atoms with E-state index in [1.165, 1.54) is 45.9 Å². The molecule has 1 N–H and O–H groups in total. The van der Waals surface area contributed by atoms with E-state index in [0.717, 1.165) is 29.5 Å². The largest absolute Gasteiger partial charge is 0.507 e. The van der Waals surface area contributed by atoms with Gasteiger partial charge in [-0.3, -0.25) is 0 Å². The lowest BCUT2D eigenvalue weighted by atomic mass is 9.78. The van der Waals surface area contributed by atoms with Crippen molar-refractivity contribution in [2.75, 3.05) is 0 Å². The van der Waals surface area contributed by atoms with E-state index in [-0.39, 0.29) is 0 Å². The summed E-state index contributed by atoms with van der Waals surface area (Å²) in [5.41, 5.74) is 10.3. The molecule has 0 saturated carbocycles. The Morgan fingerprint density at radius 1 is 0.778 bits per heavy atom. The molecule has 5 rings (SSSR count). The van der Waals surface area contributed by atoms with E-state index in [1.54, 1.807) is 5.57 Å². The Labute approximate surface area is 160 Å². The van der Waals surface area contributed by atoms with Crippen LogP contribution in [0.4, 0.5) is 0 Å². The van der Waals surface area contributed by atoms with Crippen molar-refractivity contribution in [1.29, 1.82) is 0 Å². The van der Waals surface area contributed by atoms with Gasteiger partial charge in [-0.2, -0.15) is 0 Å². The SMILES string of the molecule is Cc1ccc(-c2cc(C)cc3ccc4c(c23)CCC2=C4C=CCC2)c(O)c1. The second-order valence-electron chi connectivity index (χ2n) is 7.98. The van der Waals surface area contributed by atoms with Gasteiger partial charge in [0.05, 0.1) is 0 Å². The molecule has 1 heteroatoms. The van der Waals surface area contributed by atoms with Crippen LogP contribution >= 0.6 is 0 Å².